The third-order valence-corrected chi connectivity index (χ3v) is 3.27. The van der Waals surface area contributed by atoms with Gasteiger partial charge in [-0.05, 0) is 37.7 Å². The highest BCUT2D eigenvalue weighted by Gasteiger charge is 2.36. The highest BCUT2D eigenvalue weighted by molar-refractivity contribution is 5.73. The Morgan fingerprint density at radius 3 is 2.50 bits per heavy atom. The van der Waals surface area contributed by atoms with Gasteiger partial charge in [-0.1, -0.05) is 29.8 Å². The fourth-order valence-electron chi connectivity index (χ4n) is 2.07. The zero-order chi connectivity index (χ0) is 11.5. The summed E-state index contributed by atoms with van der Waals surface area (Å²) >= 11 is 0. The average molecular weight is 218 g/mol. The number of carbonyl (C=O) groups excluding carboxylic acids is 1. The topological polar surface area (TPSA) is 26.3 Å². The van der Waals surface area contributed by atoms with Crippen LogP contribution in [0.3, 0.4) is 0 Å². The second kappa shape index (κ2) is 4.69. The van der Waals surface area contributed by atoms with E-state index >= 15 is 0 Å². The largest absolute Gasteiger partial charge is 0.469 e. The van der Waals surface area contributed by atoms with Crippen LogP contribution in [0.15, 0.2) is 24.3 Å². The van der Waals surface area contributed by atoms with E-state index in [1.54, 1.807) is 0 Å². The van der Waals surface area contributed by atoms with Crippen LogP contribution in [-0.2, 0) is 16.0 Å². The van der Waals surface area contributed by atoms with Gasteiger partial charge < -0.3 is 4.74 Å². The van der Waals surface area contributed by atoms with Gasteiger partial charge in [0.05, 0.1) is 13.0 Å². The van der Waals surface area contributed by atoms with Crippen LogP contribution in [0.1, 0.15) is 24.0 Å². The van der Waals surface area contributed by atoms with Crippen LogP contribution >= 0.6 is 0 Å². The highest BCUT2D eigenvalue weighted by Crippen LogP contribution is 2.39. The molecule has 86 valence electrons. The zero-order valence-corrected chi connectivity index (χ0v) is 9.90. The Morgan fingerprint density at radius 1 is 1.38 bits per heavy atom. The van der Waals surface area contributed by atoms with Crippen LogP contribution in [0, 0.1) is 18.8 Å². The Bertz CT molecular complexity index is 363. The molecule has 0 aromatic heterocycles. The Hall–Kier alpha value is -1.31. The van der Waals surface area contributed by atoms with Gasteiger partial charge in [0.1, 0.15) is 0 Å². The molecule has 0 spiro atoms. The molecule has 0 aliphatic heterocycles. The maximum Gasteiger partial charge on any atom is 0.309 e. The molecule has 1 aliphatic carbocycles. The lowest BCUT2D eigenvalue weighted by molar-refractivity contribution is -0.146. The van der Waals surface area contributed by atoms with Crippen molar-refractivity contribution >= 4 is 5.97 Å². The molecule has 1 saturated carbocycles. The van der Waals surface area contributed by atoms with Gasteiger partial charge in [-0.25, -0.2) is 0 Å². The van der Waals surface area contributed by atoms with Crippen LogP contribution in [0.5, 0.6) is 0 Å². The number of methoxy groups -OCH3 is 1. The smallest absolute Gasteiger partial charge is 0.309 e. The number of hydrogen-bond acceptors (Lipinski definition) is 2. The fraction of sp³-hybridized carbons (Fsp3) is 0.500. The predicted molar refractivity (Wildman–Crippen MR) is 63.1 cm³/mol. The minimum Gasteiger partial charge on any atom is -0.469 e. The molecule has 0 radical (unpaired) electrons. The lowest BCUT2D eigenvalue weighted by Gasteiger charge is -2.13. The highest BCUT2D eigenvalue weighted by atomic mass is 16.5. The van der Waals surface area contributed by atoms with E-state index in [0.29, 0.717) is 5.92 Å². The molecule has 1 unspecified atom stereocenters. The summed E-state index contributed by atoms with van der Waals surface area (Å²) in [7, 11) is 1.48. The number of carbonyl (C=O) groups is 1. The van der Waals surface area contributed by atoms with Gasteiger partial charge in [-0.15, -0.1) is 0 Å². The molecule has 0 heterocycles. The molecular weight excluding hydrogens is 200 g/mol. The number of benzene rings is 1. The van der Waals surface area contributed by atoms with Crippen LogP contribution < -0.4 is 0 Å². The van der Waals surface area contributed by atoms with E-state index in [0.717, 1.165) is 6.42 Å². The summed E-state index contributed by atoms with van der Waals surface area (Å²) in [6, 6.07) is 8.40. The Kier molecular flexibility index (Phi) is 3.28. The van der Waals surface area contributed by atoms with Gasteiger partial charge in [0, 0.05) is 0 Å². The molecule has 2 heteroatoms. The number of rotatable bonds is 4. The maximum atomic E-state index is 11.6. The second-order valence-corrected chi connectivity index (χ2v) is 4.66. The molecule has 0 amide bonds. The predicted octanol–water partition coefficient (Wildman–Crippen LogP) is 2.74. The van der Waals surface area contributed by atoms with E-state index in [4.69, 9.17) is 4.74 Å². The molecule has 1 atom stereocenters. The van der Waals surface area contributed by atoms with Gasteiger partial charge in [0.2, 0.25) is 0 Å². The van der Waals surface area contributed by atoms with Crippen LogP contribution in [0.4, 0.5) is 0 Å². The lowest BCUT2D eigenvalue weighted by atomic mass is 9.94. The van der Waals surface area contributed by atoms with Crippen LogP contribution in [0.2, 0.25) is 0 Å². The first kappa shape index (κ1) is 11.2. The molecule has 1 aromatic carbocycles. The van der Waals surface area contributed by atoms with Crippen LogP contribution in [-0.4, -0.2) is 13.1 Å². The summed E-state index contributed by atoms with van der Waals surface area (Å²) in [4.78, 5) is 11.6. The minimum atomic E-state index is -0.0527. The summed E-state index contributed by atoms with van der Waals surface area (Å²) in [5, 5.41) is 0. The molecular formula is C14H18O2. The molecule has 1 fully saturated rings. The zero-order valence-electron chi connectivity index (χ0n) is 9.90. The monoisotopic (exact) mass is 218 g/mol. The maximum absolute atomic E-state index is 11.6. The van der Waals surface area contributed by atoms with Crippen molar-refractivity contribution < 1.29 is 9.53 Å². The van der Waals surface area contributed by atoms with Crippen molar-refractivity contribution in [1.29, 1.82) is 0 Å². The molecule has 0 saturated heterocycles. The molecule has 1 aliphatic rings. The van der Waals surface area contributed by atoms with Crippen molar-refractivity contribution in [1.82, 2.24) is 0 Å². The molecule has 2 nitrogen and oxygen atoms in total. The third kappa shape index (κ3) is 2.63. The van der Waals surface area contributed by atoms with Crippen molar-refractivity contribution in [3.63, 3.8) is 0 Å². The first-order valence-corrected chi connectivity index (χ1v) is 5.84. The molecule has 16 heavy (non-hydrogen) atoms. The average Bonchev–Trinajstić information content (AvgIpc) is 3.11. The summed E-state index contributed by atoms with van der Waals surface area (Å²) in [6.07, 6.45) is 3.16. The normalized spacial score (nSPS) is 16.9. The SMILES string of the molecule is COC(=O)C(Cc1ccc(C)cc1)C1CC1. The van der Waals surface area contributed by atoms with Crippen molar-refractivity contribution in [2.75, 3.05) is 7.11 Å². The van der Waals surface area contributed by atoms with Crippen molar-refractivity contribution in [3.05, 3.63) is 35.4 Å². The molecule has 1 aromatic rings. The minimum absolute atomic E-state index is 0.0527. The molecule has 2 rings (SSSR count). The van der Waals surface area contributed by atoms with E-state index in [2.05, 4.69) is 31.2 Å². The number of ether oxygens (including phenoxy) is 1. The van der Waals surface area contributed by atoms with Crippen molar-refractivity contribution in [2.45, 2.75) is 26.2 Å². The second-order valence-electron chi connectivity index (χ2n) is 4.66. The van der Waals surface area contributed by atoms with E-state index < -0.39 is 0 Å². The standard InChI is InChI=1S/C14H18O2/c1-10-3-5-11(6-4-10)9-13(12-7-8-12)14(15)16-2/h3-6,12-13H,7-9H2,1-2H3. The van der Waals surface area contributed by atoms with Gasteiger partial charge in [0.15, 0.2) is 0 Å². The van der Waals surface area contributed by atoms with Gasteiger partial charge in [0.25, 0.3) is 0 Å². The Morgan fingerprint density at radius 2 is 2.00 bits per heavy atom. The number of hydrogen-bond donors (Lipinski definition) is 0. The summed E-state index contributed by atoms with van der Waals surface area (Å²) in [5.74, 6) is 0.560. The summed E-state index contributed by atoms with van der Waals surface area (Å²) < 4.78 is 4.87. The van der Waals surface area contributed by atoms with E-state index in [-0.39, 0.29) is 11.9 Å². The number of esters is 1. The first-order valence-electron chi connectivity index (χ1n) is 5.84. The van der Waals surface area contributed by atoms with Crippen molar-refractivity contribution in [2.24, 2.45) is 11.8 Å². The van der Waals surface area contributed by atoms with E-state index in [1.807, 2.05) is 0 Å². The lowest BCUT2D eigenvalue weighted by Crippen LogP contribution is -2.20. The van der Waals surface area contributed by atoms with Gasteiger partial charge >= 0.3 is 5.97 Å². The van der Waals surface area contributed by atoms with Crippen molar-refractivity contribution in [3.8, 4) is 0 Å². The van der Waals surface area contributed by atoms with Gasteiger partial charge in [-0.3, -0.25) is 4.79 Å². The van der Waals surface area contributed by atoms with E-state index in [9.17, 15) is 4.79 Å². The number of aryl methyl sites for hydroxylation is 1. The Balaban J connectivity index is 2.05. The van der Waals surface area contributed by atoms with Gasteiger partial charge in [-0.2, -0.15) is 0 Å². The van der Waals surface area contributed by atoms with Crippen LogP contribution in [0.25, 0.3) is 0 Å². The molecule has 0 bridgehead atoms. The van der Waals surface area contributed by atoms with E-state index in [1.165, 1.54) is 31.1 Å². The molecule has 0 N–H and O–H groups in total. The quantitative estimate of drug-likeness (QED) is 0.726. The Labute approximate surface area is 96.6 Å². The fourth-order valence-corrected chi connectivity index (χ4v) is 2.07. The summed E-state index contributed by atoms with van der Waals surface area (Å²) in [5.41, 5.74) is 2.48. The third-order valence-electron chi connectivity index (χ3n) is 3.27. The summed E-state index contributed by atoms with van der Waals surface area (Å²) in [6.45, 7) is 2.07. The first-order chi connectivity index (χ1) is 7.70.